The predicted molar refractivity (Wildman–Crippen MR) is 99.8 cm³/mol. The van der Waals surface area contributed by atoms with Crippen molar-refractivity contribution >= 4 is 46.3 Å². The van der Waals surface area contributed by atoms with E-state index in [1.54, 1.807) is 0 Å². The molecule has 0 N–H and O–H groups in total. The molecule has 0 radical (unpaired) electrons. The second-order valence-electron chi connectivity index (χ2n) is 5.15. The Morgan fingerprint density at radius 3 is 2.18 bits per heavy atom. The minimum Gasteiger partial charge on any atom is -0.192 e. The highest BCUT2D eigenvalue weighted by atomic mass is 35.5. The van der Waals surface area contributed by atoms with Gasteiger partial charge in [0.05, 0.1) is 15.2 Å². The van der Waals surface area contributed by atoms with Crippen molar-refractivity contribution in [3.63, 3.8) is 0 Å². The van der Waals surface area contributed by atoms with Crippen molar-refractivity contribution in [3.8, 4) is 11.1 Å². The first-order valence-corrected chi connectivity index (χ1v) is 8.48. The van der Waals surface area contributed by atoms with Crippen molar-refractivity contribution in [2.45, 2.75) is 32.6 Å². The summed E-state index contributed by atoms with van der Waals surface area (Å²) < 4.78 is 0. The number of rotatable bonds is 6. The maximum Gasteiger partial charge on any atom is 0.111 e. The van der Waals surface area contributed by atoms with Gasteiger partial charge in [-0.3, -0.25) is 0 Å². The smallest absolute Gasteiger partial charge is 0.111 e. The lowest BCUT2D eigenvalue weighted by Crippen LogP contribution is -1.86. The third kappa shape index (κ3) is 4.41. The van der Waals surface area contributed by atoms with E-state index in [-0.39, 0.29) is 0 Å². The molecule has 0 saturated carbocycles. The molecule has 22 heavy (non-hydrogen) atoms. The Balaban J connectivity index is 2.23. The molecule has 0 fully saturated rings. The summed E-state index contributed by atoms with van der Waals surface area (Å²) in [6.45, 7) is 2.22. The summed E-state index contributed by atoms with van der Waals surface area (Å²) in [4.78, 5) is 3.90. The summed E-state index contributed by atoms with van der Waals surface area (Å²) in [5, 5.41) is 3.25. The molecule has 2 aromatic rings. The Labute approximate surface area is 147 Å². The van der Waals surface area contributed by atoms with Gasteiger partial charge in [0.15, 0.2) is 0 Å². The van der Waals surface area contributed by atoms with Crippen molar-refractivity contribution in [2.75, 3.05) is 0 Å². The van der Waals surface area contributed by atoms with Crippen LogP contribution in [0.2, 0.25) is 10.0 Å². The first-order chi connectivity index (χ1) is 10.7. The van der Waals surface area contributed by atoms with E-state index in [0.717, 1.165) is 17.5 Å². The zero-order valence-corrected chi connectivity index (χ0v) is 14.7. The molecule has 0 saturated heterocycles. The summed E-state index contributed by atoms with van der Waals surface area (Å²) in [6.07, 6.45) is 4.87. The monoisotopic (exact) mass is 349 g/mol. The highest BCUT2D eigenvalue weighted by Crippen LogP contribution is 2.37. The average Bonchev–Trinajstić information content (AvgIpc) is 2.52. The van der Waals surface area contributed by atoms with Gasteiger partial charge in [-0.15, -0.1) is 0 Å². The number of benzene rings is 2. The van der Waals surface area contributed by atoms with Crippen LogP contribution in [0.1, 0.15) is 31.7 Å². The molecule has 0 bridgehead atoms. The van der Waals surface area contributed by atoms with E-state index in [1.165, 1.54) is 24.8 Å². The van der Waals surface area contributed by atoms with Crippen molar-refractivity contribution in [3.05, 3.63) is 52.0 Å². The topological polar surface area (TPSA) is 12.4 Å². The quantitative estimate of drug-likeness (QED) is 0.307. The summed E-state index contributed by atoms with van der Waals surface area (Å²) in [7, 11) is 0. The number of aliphatic imine (C=N–C) groups is 1. The molecule has 0 heterocycles. The molecule has 0 aromatic heterocycles. The lowest BCUT2D eigenvalue weighted by Gasteiger charge is -2.08. The molecule has 0 aliphatic heterocycles. The number of hydrogen-bond donors (Lipinski definition) is 0. The van der Waals surface area contributed by atoms with E-state index in [2.05, 4.69) is 53.6 Å². The Bertz CT molecular complexity index is 666. The zero-order chi connectivity index (χ0) is 15.9. The Hall–Kier alpha value is -1.18. The van der Waals surface area contributed by atoms with Crippen LogP contribution in [-0.2, 0) is 6.42 Å². The van der Waals surface area contributed by atoms with Gasteiger partial charge in [0, 0.05) is 0 Å². The van der Waals surface area contributed by atoms with Crippen LogP contribution in [0.4, 0.5) is 5.69 Å². The molecular weight excluding hydrogens is 333 g/mol. The first kappa shape index (κ1) is 17.2. The fourth-order valence-corrected chi connectivity index (χ4v) is 2.99. The Kier molecular flexibility index (Phi) is 6.60. The summed E-state index contributed by atoms with van der Waals surface area (Å²) in [5.41, 5.74) is 3.88. The van der Waals surface area contributed by atoms with Crippen LogP contribution >= 0.6 is 35.4 Å². The molecule has 1 nitrogen and oxygen atoms in total. The van der Waals surface area contributed by atoms with Gasteiger partial charge in [-0.2, -0.15) is 4.99 Å². The molecule has 0 aliphatic rings. The minimum atomic E-state index is 0.471. The maximum atomic E-state index is 6.21. The number of halogens is 2. The normalized spacial score (nSPS) is 10.3. The van der Waals surface area contributed by atoms with Gasteiger partial charge < -0.3 is 0 Å². The number of hydrogen-bond acceptors (Lipinski definition) is 2. The van der Waals surface area contributed by atoms with Crippen molar-refractivity contribution in [2.24, 2.45) is 4.99 Å². The van der Waals surface area contributed by atoms with E-state index < -0.39 is 0 Å². The van der Waals surface area contributed by atoms with Gasteiger partial charge in [0.2, 0.25) is 0 Å². The second-order valence-corrected chi connectivity index (χ2v) is 6.14. The van der Waals surface area contributed by atoms with Gasteiger partial charge in [0.25, 0.3) is 0 Å². The van der Waals surface area contributed by atoms with Gasteiger partial charge in [-0.25, -0.2) is 0 Å². The molecule has 0 aliphatic carbocycles. The summed E-state index contributed by atoms with van der Waals surface area (Å²) in [5.74, 6) is 0. The van der Waals surface area contributed by atoms with E-state index in [4.69, 9.17) is 23.2 Å². The molecule has 0 unspecified atom stereocenters. The fraction of sp³-hybridized carbons (Fsp3) is 0.278. The van der Waals surface area contributed by atoms with Crippen LogP contribution in [0.3, 0.4) is 0 Å². The van der Waals surface area contributed by atoms with Gasteiger partial charge >= 0.3 is 0 Å². The lowest BCUT2D eigenvalue weighted by molar-refractivity contribution is 0.717. The lowest BCUT2D eigenvalue weighted by atomic mass is 10.0. The average molecular weight is 350 g/mol. The number of isothiocyanates is 1. The Morgan fingerprint density at radius 1 is 1.00 bits per heavy atom. The standard InChI is InChI=1S/C18H17Cl2NS/c1-2-3-4-5-13-6-8-14(9-7-13)15-10-16(19)18(21-12-22)17(20)11-15/h6-11H,2-5H2,1H3. The van der Waals surface area contributed by atoms with Crippen molar-refractivity contribution in [1.29, 1.82) is 0 Å². The van der Waals surface area contributed by atoms with Crippen LogP contribution in [0.5, 0.6) is 0 Å². The number of thiocarbonyl (C=S) groups is 1. The van der Waals surface area contributed by atoms with Crippen LogP contribution in [0.25, 0.3) is 11.1 Å². The van der Waals surface area contributed by atoms with Crippen molar-refractivity contribution < 1.29 is 0 Å². The summed E-state index contributed by atoms with van der Waals surface area (Å²) in [6, 6.07) is 12.2. The molecule has 0 atom stereocenters. The molecule has 0 amide bonds. The van der Waals surface area contributed by atoms with Crippen LogP contribution < -0.4 is 0 Å². The molecule has 4 heteroatoms. The van der Waals surface area contributed by atoms with E-state index in [9.17, 15) is 0 Å². The number of unbranched alkanes of at least 4 members (excludes halogenated alkanes) is 2. The van der Waals surface area contributed by atoms with E-state index in [1.807, 2.05) is 12.1 Å². The largest absolute Gasteiger partial charge is 0.192 e. The zero-order valence-electron chi connectivity index (χ0n) is 12.4. The van der Waals surface area contributed by atoms with Gasteiger partial charge in [0.1, 0.15) is 5.69 Å². The summed E-state index contributed by atoms with van der Waals surface area (Å²) >= 11 is 17.0. The third-order valence-corrected chi connectivity index (χ3v) is 4.20. The predicted octanol–water partition coefficient (Wildman–Crippen LogP) is 7.13. The third-order valence-electron chi connectivity index (χ3n) is 3.53. The highest BCUT2D eigenvalue weighted by Gasteiger charge is 2.08. The van der Waals surface area contributed by atoms with Crippen LogP contribution in [0.15, 0.2) is 41.4 Å². The number of aryl methyl sites for hydroxylation is 1. The molecular formula is C18H17Cl2NS. The van der Waals surface area contributed by atoms with Crippen LogP contribution in [0, 0.1) is 0 Å². The van der Waals surface area contributed by atoms with E-state index in [0.29, 0.717) is 15.7 Å². The van der Waals surface area contributed by atoms with Crippen molar-refractivity contribution in [1.82, 2.24) is 0 Å². The first-order valence-electron chi connectivity index (χ1n) is 7.32. The second kappa shape index (κ2) is 8.45. The fourth-order valence-electron chi connectivity index (χ4n) is 2.33. The van der Waals surface area contributed by atoms with E-state index >= 15 is 0 Å². The molecule has 2 rings (SSSR count). The Morgan fingerprint density at radius 2 is 1.64 bits per heavy atom. The van der Waals surface area contributed by atoms with Gasteiger partial charge in [-0.1, -0.05) is 67.2 Å². The molecule has 2 aromatic carbocycles. The SMILES string of the molecule is CCCCCc1ccc(-c2cc(Cl)c(N=C=S)c(Cl)c2)cc1. The van der Waals surface area contributed by atoms with Gasteiger partial charge in [-0.05, 0) is 53.9 Å². The molecule has 0 spiro atoms. The maximum absolute atomic E-state index is 6.21. The highest BCUT2D eigenvalue weighted by molar-refractivity contribution is 7.78. The molecule has 114 valence electrons. The van der Waals surface area contributed by atoms with Crippen LogP contribution in [-0.4, -0.2) is 5.16 Å². The number of nitrogens with zero attached hydrogens (tertiary/aromatic N) is 1. The minimum absolute atomic E-state index is 0.471.